The van der Waals surface area contributed by atoms with E-state index < -0.39 is 5.97 Å². The number of carboxylic acids is 1. The summed E-state index contributed by atoms with van der Waals surface area (Å²) in [6.45, 7) is 2.31. The van der Waals surface area contributed by atoms with Crippen molar-refractivity contribution in [2.45, 2.75) is 13.0 Å². The van der Waals surface area contributed by atoms with Crippen LogP contribution >= 0.6 is 11.6 Å². The van der Waals surface area contributed by atoms with Crippen LogP contribution in [0, 0.1) is 0 Å². The van der Waals surface area contributed by atoms with Gasteiger partial charge >= 0.3 is 5.97 Å². The van der Waals surface area contributed by atoms with Crippen molar-refractivity contribution in [3.63, 3.8) is 0 Å². The number of carboxylic acid groups (broad SMARTS) is 1. The minimum atomic E-state index is -1.05. The molecule has 1 aromatic carbocycles. The Morgan fingerprint density at radius 3 is 2.75 bits per heavy atom. The van der Waals surface area contributed by atoms with Crippen molar-refractivity contribution < 1.29 is 19.4 Å². The van der Waals surface area contributed by atoms with Gasteiger partial charge in [-0.2, -0.15) is 0 Å². The molecule has 4 nitrogen and oxygen atoms in total. The van der Waals surface area contributed by atoms with Crippen molar-refractivity contribution in [1.82, 2.24) is 0 Å². The molecular weight excluding hydrogens is 232 g/mol. The molecule has 16 heavy (non-hydrogen) atoms. The van der Waals surface area contributed by atoms with Crippen LogP contribution in [0.1, 0.15) is 17.3 Å². The van der Waals surface area contributed by atoms with Gasteiger partial charge < -0.3 is 14.6 Å². The van der Waals surface area contributed by atoms with Crippen LogP contribution in [-0.2, 0) is 4.74 Å². The first-order valence-corrected chi connectivity index (χ1v) is 5.11. The van der Waals surface area contributed by atoms with Crippen LogP contribution in [0.4, 0.5) is 0 Å². The summed E-state index contributed by atoms with van der Waals surface area (Å²) in [5, 5.41) is 8.94. The van der Waals surface area contributed by atoms with Gasteiger partial charge in [-0.1, -0.05) is 11.6 Å². The van der Waals surface area contributed by atoms with E-state index in [-0.39, 0.29) is 16.7 Å². The average molecular weight is 245 g/mol. The number of ether oxygens (including phenoxy) is 2. The van der Waals surface area contributed by atoms with E-state index in [2.05, 4.69) is 0 Å². The van der Waals surface area contributed by atoms with Gasteiger partial charge in [-0.05, 0) is 25.1 Å². The van der Waals surface area contributed by atoms with E-state index in [1.807, 2.05) is 6.92 Å². The summed E-state index contributed by atoms with van der Waals surface area (Å²) in [5.74, 6) is -0.527. The van der Waals surface area contributed by atoms with Crippen LogP contribution in [0.25, 0.3) is 0 Å². The largest absolute Gasteiger partial charge is 0.488 e. The molecule has 0 fully saturated rings. The maximum atomic E-state index is 10.7. The summed E-state index contributed by atoms with van der Waals surface area (Å²) in [4.78, 5) is 10.7. The van der Waals surface area contributed by atoms with E-state index in [1.54, 1.807) is 13.2 Å². The number of aromatic carboxylic acids is 1. The predicted molar refractivity (Wildman–Crippen MR) is 60.4 cm³/mol. The second-order valence-corrected chi connectivity index (χ2v) is 3.74. The molecule has 1 aromatic rings. The topological polar surface area (TPSA) is 55.8 Å². The van der Waals surface area contributed by atoms with E-state index in [1.165, 1.54) is 12.1 Å². The average Bonchev–Trinajstić information content (AvgIpc) is 2.17. The molecule has 0 aromatic heterocycles. The molecule has 5 heteroatoms. The molecule has 0 bridgehead atoms. The Balaban J connectivity index is 2.77. The molecule has 0 aliphatic rings. The standard InChI is InChI=1S/C11H13ClO4/c1-7(6-15-2)16-8-3-4-9(11(13)14)10(12)5-8/h3-5,7H,6H2,1-2H3,(H,13,14). The molecule has 0 radical (unpaired) electrons. The van der Waals surface area contributed by atoms with Gasteiger partial charge in [0.05, 0.1) is 17.2 Å². The van der Waals surface area contributed by atoms with Crippen molar-refractivity contribution in [3.05, 3.63) is 28.8 Å². The molecule has 1 atom stereocenters. The Morgan fingerprint density at radius 2 is 2.25 bits per heavy atom. The number of hydrogen-bond donors (Lipinski definition) is 1. The summed E-state index contributed by atoms with van der Waals surface area (Å²) < 4.78 is 10.4. The van der Waals surface area contributed by atoms with Gasteiger partial charge in [0.15, 0.2) is 0 Å². The number of benzene rings is 1. The lowest BCUT2D eigenvalue weighted by Gasteiger charge is -2.14. The molecule has 0 amide bonds. The van der Waals surface area contributed by atoms with E-state index in [4.69, 9.17) is 26.2 Å². The monoisotopic (exact) mass is 244 g/mol. The number of rotatable bonds is 5. The van der Waals surface area contributed by atoms with Crippen LogP contribution in [0.3, 0.4) is 0 Å². The summed E-state index contributed by atoms with van der Waals surface area (Å²) >= 11 is 5.79. The summed E-state index contributed by atoms with van der Waals surface area (Å²) in [6, 6.07) is 4.47. The smallest absolute Gasteiger partial charge is 0.337 e. The molecular formula is C11H13ClO4. The molecule has 0 aliphatic heterocycles. The van der Waals surface area contributed by atoms with Crippen LogP contribution in [0.15, 0.2) is 18.2 Å². The normalized spacial score (nSPS) is 12.2. The number of methoxy groups -OCH3 is 1. The molecule has 0 aliphatic carbocycles. The zero-order chi connectivity index (χ0) is 12.1. The van der Waals surface area contributed by atoms with Gasteiger partial charge in [-0.15, -0.1) is 0 Å². The molecule has 0 heterocycles. The lowest BCUT2D eigenvalue weighted by atomic mass is 10.2. The molecule has 1 N–H and O–H groups in total. The lowest BCUT2D eigenvalue weighted by molar-refractivity contribution is 0.0697. The summed E-state index contributed by atoms with van der Waals surface area (Å²) in [5.41, 5.74) is 0.0633. The SMILES string of the molecule is COCC(C)Oc1ccc(C(=O)O)c(Cl)c1. The van der Waals surface area contributed by atoms with Gasteiger partial charge in [0.2, 0.25) is 0 Å². The van der Waals surface area contributed by atoms with Gasteiger partial charge in [-0.3, -0.25) is 0 Å². The van der Waals surface area contributed by atoms with E-state index in [0.29, 0.717) is 12.4 Å². The minimum Gasteiger partial charge on any atom is -0.488 e. The molecule has 88 valence electrons. The maximum absolute atomic E-state index is 10.7. The van der Waals surface area contributed by atoms with Gasteiger partial charge in [0.25, 0.3) is 0 Å². The molecule has 0 saturated carbocycles. The second-order valence-electron chi connectivity index (χ2n) is 3.33. The summed E-state index contributed by atoms with van der Waals surface area (Å²) in [7, 11) is 1.58. The Bertz CT molecular complexity index is 378. The van der Waals surface area contributed by atoms with Crippen LogP contribution < -0.4 is 4.74 Å². The van der Waals surface area contributed by atoms with Gasteiger partial charge in [0.1, 0.15) is 11.9 Å². The minimum absolute atomic E-state index is 0.0633. The van der Waals surface area contributed by atoms with Gasteiger partial charge in [0, 0.05) is 7.11 Å². The third kappa shape index (κ3) is 3.40. The first kappa shape index (κ1) is 12.8. The van der Waals surface area contributed by atoms with Crippen LogP contribution in [0.5, 0.6) is 5.75 Å². The highest BCUT2D eigenvalue weighted by Gasteiger charge is 2.10. The summed E-state index contributed by atoms with van der Waals surface area (Å²) in [6.07, 6.45) is -0.114. The molecule has 0 saturated heterocycles. The van der Waals surface area contributed by atoms with E-state index in [0.717, 1.165) is 0 Å². The van der Waals surface area contributed by atoms with Crippen molar-refractivity contribution in [1.29, 1.82) is 0 Å². The van der Waals surface area contributed by atoms with Crippen molar-refractivity contribution >= 4 is 17.6 Å². The molecule has 0 spiro atoms. The Labute approximate surface area is 98.7 Å². The van der Waals surface area contributed by atoms with Crippen molar-refractivity contribution in [2.24, 2.45) is 0 Å². The van der Waals surface area contributed by atoms with Crippen molar-refractivity contribution in [3.8, 4) is 5.75 Å². The Kier molecular flexibility index (Phi) is 4.58. The Morgan fingerprint density at radius 1 is 1.56 bits per heavy atom. The van der Waals surface area contributed by atoms with Crippen molar-refractivity contribution in [2.75, 3.05) is 13.7 Å². The maximum Gasteiger partial charge on any atom is 0.337 e. The first-order valence-electron chi connectivity index (χ1n) is 4.73. The fourth-order valence-corrected chi connectivity index (χ4v) is 1.49. The lowest BCUT2D eigenvalue weighted by Crippen LogP contribution is -2.18. The number of carbonyl (C=O) groups is 1. The zero-order valence-electron chi connectivity index (χ0n) is 9.07. The van der Waals surface area contributed by atoms with E-state index in [9.17, 15) is 4.79 Å². The quantitative estimate of drug-likeness (QED) is 0.864. The van der Waals surface area contributed by atoms with Crippen LogP contribution in [0.2, 0.25) is 5.02 Å². The van der Waals surface area contributed by atoms with E-state index >= 15 is 0 Å². The van der Waals surface area contributed by atoms with Crippen LogP contribution in [-0.4, -0.2) is 30.9 Å². The molecule has 1 unspecified atom stereocenters. The third-order valence-corrected chi connectivity index (χ3v) is 2.22. The third-order valence-electron chi connectivity index (χ3n) is 1.91. The van der Waals surface area contributed by atoms with Gasteiger partial charge in [-0.25, -0.2) is 4.79 Å². The number of halogens is 1. The molecule has 1 rings (SSSR count). The Hall–Kier alpha value is -1.26. The fraction of sp³-hybridized carbons (Fsp3) is 0.364. The first-order chi connectivity index (χ1) is 7.54. The highest BCUT2D eigenvalue weighted by atomic mass is 35.5. The highest BCUT2D eigenvalue weighted by molar-refractivity contribution is 6.33. The fourth-order valence-electron chi connectivity index (χ4n) is 1.24. The zero-order valence-corrected chi connectivity index (χ0v) is 9.82. The second kappa shape index (κ2) is 5.72. The predicted octanol–water partition coefficient (Wildman–Crippen LogP) is 2.45. The highest BCUT2D eigenvalue weighted by Crippen LogP contribution is 2.23. The number of hydrogen-bond acceptors (Lipinski definition) is 3.